The maximum Gasteiger partial charge on any atom is 0.243 e. The van der Waals surface area contributed by atoms with Gasteiger partial charge in [0, 0.05) is 55.3 Å². The Morgan fingerprint density at radius 2 is 1.77 bits per heavy atom. The van der Waals surface area contributed by atoms with E-state index in [0.717, 1.165) is 62.9 Å². The van der Waals surface area contributed by atoms with E-state index < -0.39 is 10.0 Å². The standard InChI is InChI=1S/C21H26N6O2S/c28-30(29,19-3-1-2-4-19)27-12-9-16-15-23-21(25-20(16)27)24-17-5-7-18(8-6-17)26-13-10-22-11-14-26/h5-9,12,15,19,22H,1-4,10-11,13-14H2,(H,23,24,25). The maximum atomic E-state index is 13.0. The van der Waals surface area contributed by atoms with E-state index >= 15 is 0 Å². The first-order valence-electron chi connectivity index (χ1n) is 10.5. The number of rotatable bonds is 5. The number of fused-ring (bicyclic) bond motifs is 1. The van der Waals surface area contributed by atoms with E-state index in [2.05, 4.69) is 37.6 Å². The lowest BCUT2D eigenvalue weighted by molar-refractivity contribution is 0.572. The van der Waals surface area contributed by atoms with Crippen molar-refractivity contribution in [1.82, 2.24) is 19.3 Å². The molecule has 1 saturated carbocycles. The van der Waals surface area contributed by atoms with Gasteiger partial charge in [-0.15, -0.1) is 0 Å². The Morgan fingerprint density at radius 3 is 2.50 bits per heavy atom. The van der Waals surface area contributed by atoms with E-state index in [-0.39, 0.29) is 5.25 Å². The van der Waals surface area contributed by atoms with Crippen molar-refractivity contribution in [3.8, 4) is 0 Å². The number of hydrogen-bond acceptors (Lipinski definition) is 7. The fourth-order valence-electron chi connectivity index (χ4n) is 4.31. The highest BCUT2D eigenvalue weighted by atomic mass is 32.2. The van der Waals surface area contributed by atoms with Crippen molar-refractivity contribution in [2.45, 2.75) is 30.9 Å². The second kappa shape index (κ2) is 7.88. The van der Waals surface area contributed by atoms with Crippen LogP contribution in [0.5, 0.6) is 0 Å². The molecule has 3 heterocycles. The van der Waals surface area contributed by atoms with Gasteiger partial charge in [-0.25, -0.2) is 17.4 Å². The minimum atomic E-state index is -3.44. The molecule has 0 bridgehead atoms. The van der Waals surface area contributed by atoms with Crippen LogP contribution >= 0.6 is 0 Å². The van der Waals surface area contributed by atoms with Crippen molar-refractivity contribution in [2.75, 3.05) is 36.4 Å². The molecule has 8 nitrogen and oxygen atoms in total. The number of nitrogens with one attached hydrogen (secondary N) is 2. The second-order valence-corrected chi connectivity index (χ2v) is 10.0. The van der Waals surface area contributed by atoms with Crippen molar-refractivity contribution in [3.05, 3.63) is 42.7 Å². The molecule has 0 unspecified atom stereocenters. The third-order valence-electron chi connectivity index (χ3n) is 6.00. The predicted octanol–water partition coefficient (Wildman–Crippen LogP) is 2.71. The number of piperazine rings is 1. The lowest BCUT2D eigenvalue weighted by atomic mass is 10.2. The Labute approximate surface area is 176 Å². The van der Waals surface area contributed by atoms with Crippen LogP contribution in [0, 0.1) is 0 Å². The van der Waals surface area contributed by atoms with Crippen molar-refractivity contribution in [2.24, 2.45) is 0 Å². The molecule has 0 amide bonds. The monoisotopic (exact) mass is 426 g/mol. The molecule has 0 spiro atoms. The van der Waals surface area contributed by atoms with Crippen molar-refractivity contribution >= 4 is 38.4 Å². The average molecular weight is 427 g/mol. The Morgan fingerprint density at radius 1 is 1.03 bits per heavy atom. The number of anilines is 3. The molecule has 9 heteroatoms. The fraction of sp³-hybridized carbons (Fsp3) is 0.429. The number of aromatic nitrogens is 3. The van der Waals surface area contributed by atoms with Crippen molar-refractivity contribution < 1.29 is 8.42 Å². The normalized spacial score (nSPS) is 18.2. The van der Waals surface area contributed by atoms with Gasteiger partial charge in [0.25, 0.3) is 0 Å². The molecule has 2 fully saturated rings. The molecular weight excluding hydrogens is 400 g/mol. The van der Waals surface area contributed by atoms with Crippen LogP contribution < -0.4 is 15.5 Å². The van der Waals surface area contributed by atoms with E-state index in [0.29, 0.717) is 11.6 Å². The Hall–Kier alpha value is -2.65. The minimum Gasteiger partial charge on any atom is -0.369 e. The van der Waals surface area contributed by atoms with E-state index in [9.17, 15) is 8.42 Å². The molecule has 0 atom stereocenters. The SMILES string of the molecule is O=S(=O)(C1CCCC1)n1ccc2cnc(Nc3ccc(N4CCNCC4)cc3)nc21. The van der Waals surface area contributed by atoms with E-state index in [1.807, 2.05) is 12.1 Å². The predicted molar refractivity (Wildman–Crippen MR) is 119 cm³/mol. The molecule has 1 aromatic carbocycles. The number of hydrogen-bond donors (Lipinski definition) is 2. The molecule has 30 heavy (non-hydrogen) atoms. The third kappa shape index (κ3) is 3.63. The summed E-state index contributed by atoms with van der Waals surface area (Å²) in [6.45, 7) is 3.99. The largest absolute Gasteiger partial charge is 0.369 e. The maximum absolute atomic E-state index is 13.0. The molecule has 1 saturated heterocycles. The smallest absolute Gasteiger partial charge is 0.243 e. The van der Waals surface area contributed by atoms with Crippen LogP contribution in [0.15, 0.2) is 42.7 Å². The van der Waals surface area contributed by atoms with E-state index in [4.69, 9.17) is 0 Å². The lowest BCUT2D eigenvalue weighted by Crippen LogP contribution is -2.43. The molecule has 2 aromatic heterocycles. The van der Waals surface area contributed by atoms with Crippen LogP contribution in [0.4, 0.5) is 17.3 Å². The quantitative estimate of drug-likeness (QED) is 0.648. The summed E-state index contributed by atoms with van der Waals surface area (Å²) >= 11 is 0. The zero-order valence-electron chi connectivity index (χ0n) is 16.8. The molecule has 5 rings (SSSR count). The Balaban J connectivity index is 1.38. The van der Waals surface area contributed by atoms with Gasteiger partial charge in [-0.05, 0) is 43.2 Å². The summed E-state index contributed by atoms with van der Waals surface area (Å²) in [6.07, 6.45) is 6.64. The van der Waals surface area contributed by atoms with Gasteiger partial charge in [0.15, 0.2) is 5.65 Å². The summed E-state index contributed by atoms with van der Waals surface area (Å²) < 4.78 is 27.4. The summed E-state index contributed by atoms with van der Waals surface area (Å²) in [6, 6.07) is 9.92. The summed E-state index contributed by atoms with van der Waals surface area (Å²) in [4.78, 5) is 11.2. The van der Waals surface area contributed by atoms with Crippen LogP contribution in [0.25, 0.3) is 11.0 Å². The Kier molecular flexibility index (Phi) is 5.08. The van der Waals surface area contributed by atoms with E-state index in [1.165, 1.54) is 9.66 Å². The molecular formula is C21H26N6O2S. The summed E-state index contributed by atoms with van der Waals surface area (Å²) in [5, 5.41) is 6.96. The number of benzene rings is 1. The van der Waals surface area contributed by atoms with Gasteiger partial charge in [-0.3, -0.25) is 0 Å². The highest BCUT2D eigenvalue weighted by molar-refractivity contribution is 7.90. The number of nitrogens with zero attached hydrogens (tertiary/aromatic N) is 4. The third-order valence-corrected chi connectivity index (χ3v) is 8.15. The van der Waals surface area contributed by atoms with Crippen LogP contribution in [-0.2, 0) is 10.0 Å². The first-order valence-corrected chi connectivity index (χ1v) is 12.0. The Bertz CT molecular complexity index is 1130. The van der Waals surface area contributed by atoms with Crippen molar-refractivity contribution in [3.63, 3.8) is 0 Å². The van der Waals surface area contributed by atoms with E-state index in [1.54, 1.807) is 18.5 Å². The van der Waals surface area contributed by atoms with Gasteiger partial charge < -0.3 is 15.5 Å². The van der Waals surface area contributed by atoms with Gasteiger partial charge in [-0.2, -0.15) is 4.98 Å². The molecule has 0 radical (unpaired) electrons. The van der Waals surface area contributed by atoms with Crippen LogP contribution in [0.3, 0.4) is 0 Å². The molecule has 3 aromatic rings. The van der Waals surface area contributed by atoms with Crippen LogP contribution in [0.2, 0.25) is 0 Å². The minimum absolute atomic E-state index is 0.322. The van der Waals surface area contributed by atoms with Gasteiger partial charge in [0.1, 0.15) is 0 Å². The average Bonchev–Trinajstić information content (AvgIpc) is 3.46. The van der Waals surface area contributed by atoms with Crippen LogP contribution in [-0.4, -0.2) is 53.8 Å². The van der Waals surface area contributed by atoms with Gasteiger partial charge in [0.05, 0.1) is 5.25 Å². The lowest BCUT2D eigenvalue weighted by Gasteiger charge is -2.29. The van der Waals surface area contributed by atoms with Crippen LogP contribution in [0.1, 0.15) is 25.7 Å². The highest BCUT2D eigenvalue weighted by Gasteiger charge is 2.31. The summed E-state index contributed by atoms with van der Waals surface area (Å²) in [7, 11) is -3.44. The fourth-order valence-corrected chi connectivity index (χ4v) is 6.18. The molecule has 2 aliphatic rings. The highest BCUT2D eigenvalue weighted by Crippen LogP contribution is 2.29. The van der Waals surface area contributed by atoms with Crippen molar-refractivity contribution in [1.29, 1.82) is 0 Å². The molecule has 2 N–H and O–H groups in total. The first-order chi connectivity index (χ1) is 14.6. The zero-order valence-corrected chi connectivity index (χ0v) is 17.6. The van der Waals surface area contributed by atoms with Gasteiger partial charge in [0.2, 0.25) is 16.0 Å². The topological polar surface area (TPSA) is 92.2 Å². The second-order valence-electron chi connectivity index (χ2n) is 7.94. The molecule has 158 valence electrons. The molecule has 1 aliphatic carbocycles. The van der Waals surface area contributed by atoms with Gasteiger partial charge >= 0.3 is 0 Å². The zero-order chi connectivity index (χ0) is 20.6. The first kappa shape index (κ1) is 19.3. The molecule has 1 aliphatic heterocycles. The summed E-state index contributed by atoms with van der Waals surface area (Å²) in [5.41, 5.74) is 2.48. The summed E-state index contributed by atoms with van der Waals surface area (Å²) in [5.74, 6) is 0.388. The van der Waals surface area contributed by atoms with Gasteiger partial charge in [-0.1, -0.05) is 12.8 Å².